The topological polar surface area (TPSA) is 116 Å². The van der Waals surface area contributed by atoms with Crippen LogP contribution < -0.4 is 9.86 Å². The van der Waals surface area contributed by atoms with Gasteiger partial charge in [0.05, 0.1) is 11.0 Å². The minimum Gasteiger partial charge on any atom is -0.377 e. The summed E-state index contributed by atoms with van der Waals surface area (Å²) in [5, 5.41) is 4.53. The van der Waals surface area contributed by atoms with Crippen molar-refractivity contribution >= 4 is 20.0 Å². The van der Waals surface area contributed by atoms with Crippen LogP contribution in [0.5, 0.6) is 0 Å². The predicted octanol–water partition coefficient (Wildman–Crippen LogP) is 0.882. The Morgan fingerprint density at radius 2 is 2.04 bits per heavy atom. The zero-order valence-electron chi connectivity index (χ0n) is 13.1. The van der Waals surface area contributed by atoms with E-state index in [1.165, 1.54) is 12.1 Å². The van der Waals surface area contributed by atoms with E-state index in [1.54, 1.807) is 19.1 Å². The van der Waals surface area contributed by atoms with Gasteiger partial charge >= 0.3 is 0 Å². The van der Waals surface area contributed by atoms with E-state index in [0.29, 0.717) is 25.0 Å². The van der Waals surface area contributed by atoms with Gasteiger partial charge in [0.25, 0.3) is 0 Å². The number of primary sulfonamides is 1. The highest BCUT2D eigenvalue weighted by molar-refractivity contribution is 7.90. The summed E-state index contributed by atoms with van der Waals surface area (Å²) in [5.74, 6) is 0. The van der Waals surface area contributed by atoms with Crippen LogP contribution in [0.1, 0.15) is 38.3 Å². The summed E-state index contributed by atoms with van der Waals surface area (Å²) in [7, 11) is -7.41. The molecule has 0 spiro atoms. The quantitative estimate of drug-likeness (QED) is 0.779. The van der Waals surface area contributed by atoms with Crippen molar-refractivity contribution in [3.8, 4) is 0 Å². The maximum atomic E-state index is 12.5. The zero-order valence-corrected chi connectivity index (χ0v) is 14.7. The Hall–Kier alpha value is -1.00. The van der Waals surface area contributed by atoms with Crippen molar-refractivity contribution in [1.82, 2.24) is 4.72 Å². The molecule has 0 bridgehead atoms. The third-order valence-electron chi connectivity index (χ3n) is 4.01. The number of nitrogens with two attached hydrogens (primary N) is 1. The van der Waals surface area contributed by atoms with Gasteiger partial charge in [0.1, 0.15) is 5.25 Å². The molecule has 2 rings (SSSR count). The van der Waals surface area contributed by atoms with Crippen LogP contribution in [0.15, 0.2) is 29.2 Å². The first-order valence-electron chi connectivity index (χ1n) is 7.40. The normalized spacial score (nSPS) is 23.8. The number of benzene rings is 1. The smallest absolute Gasteiger partial charge is 0.238 e. The fraction of sp³-hybridized carbons (Fsp3) is 0.571. The van der Waals surface area contributed by atoms with E-state index in [2.05, 4.69) is 4.72 Å². The van der Waals surface area contributed by atoms with Gasteiger partial charge in [-0.3, -0.25) is 0 Å². The molecule has 3 N–H and O–H groups in total. The van der Waals surface area contributed by atoms with Gasteiger partial charge in [0.2, 0.25) is 20.0 Å². The minimum absolute atomic E-state index is 0.0368. The molecule has 3 unspecified atom stereocenters. The molecule has 9 heteroatoms. The van der Waals surface area contributed by atoms with Crippen molar-refractivity contribution in [2.45, 2.75) is 49.0 Å². The molecule has 1 fully saturated rings. The summed E-state index contributed by atoms with van der Waals surface area (Å²) in [6.45, 7) is 3.98. The average molecular weight is 362 g/mol. The molecule has 0 aromatic heterocycles. The fourth-order valence-corrected chi connectivity index (χ4v) is 5.13. The maximum absolute atomic E-state index is 12.5. The van der Waals surface area contributed by atoms with Gasteiger partial charge < -0.3 is 4.74 Å². The lowest BCUT2D eigenvalue weighted by Gasteiger charge is -2.22. The van der Waals surface area contributed by atoms with Gasteiger partial charge in [-0.15, -0.1) is 0 Å². The number of ether oxygens (including phenoxy) is 1. The van der Waals surface area contributed by atoms with Crippen molar-refractivity contribution < 1.29 is 21.6 Å². The van der Waals surface area contributed by atoms with Gasteiger partial charge in [-0.25, -0.2) is 26.7 Å². The Morgan fingerprint density at radius 3 is 2.57 bits per heavy atom. The Morgan fingerprint density at radius 1 is 1.35 bits per heavy atom. The molecular formula is C14H22N2O5S2. The number of rotatable bonds is 6. The molecule has 1 aliphatic heterocycles. The van der Waals surface area contributed by atoms with Crippen LogP contribution in [0.25, 0.3) is 0 Å². The molecule has 1 aromatic carbocycles. The molecule has 1 saturated heterocycles. The van der Waals surface area contributed by atoms with E-state index in [-0.39, 0.29) is 11.0 Å². The Bertz CT molecular complexity index is 761. The largest absolute Gasteiger partial charge is 0.377 e. The van der Waals surface area contributed by atoms with E-state index in [4.69, 9.17) is 9.88 Å². The lowest BCUT2D eigenvalue weighted by Crippen LogP contribution is -2.40. The standard InChI is InChI=1S/C14H22N2O5S2/c1-3-13(11-5-4-6-12(9-11)22(15,17)18)16-23(19,20)14-7-8-21-10(14)2/h4-6,9-10,13-14,16H,3,7-8H2,1-2H3,(H2,15,17,18). The number of hydrogen-bond acceptors (Lipinski definition) is 5. The molecule has 1 aliphatic rings. The maximum Gasteiger partial charge on any atom is 0.238 e. The molecule has 7 nitrogen and oxygen atoms in total. The first kappa shape index (κ1) is 18.3. The molecule has 0 amide bonds. The molecular weight excluding hydrogens is 340 g/mol. The summed E-state index contributed by atoms with van der Waals surface area (Å²) < 4.78 is 56.0. The molecule has 1 heterocycles. The van der Waals surface area contributed by atoms with Crippen LogP contribution in [-0.4, -0.2) is 34.8 Å². The van der Waals surface area contributed by atoms with E-state index in [9.17, 15) is 16.8 Å². The lowest BCUT2D eigenvalue weighted by molar-refractivity contribution is 0.126. The summed E-state index contributed by atoms with van der Waals surface area (Å²) in [6, 6.07) is 5.50. The van der Waals surface area contributed by atoms with Crippen molar-refractivity contribution in [1.29, 1.82) is 0 Å². The van der Waals surface area contributed by atoms with Crippen molar-refractivity contribution in [3.63, 3.8) is 0 Å². The summed E-state index contributed by atoms with van der Waals surface area (Å²) in [6.07, 6.45) is 0.570. The molecule has 1 aromatic rings. The SMILES string of the molecule is CCC(NS(=O)(=O)C1CCOC1C)c1cccc(S(N)(=O)=O)c1. The van der Waals surface area contributed by atoms with E-state index in [1.807, 2.05) is 6.92 Å². The van der Waals surface area contributed by atoms with Crippen molar-refractivity contribution in [2.24, 2.45) is 5.14 Å². The second-order valence-corrected chi connectivity index (χ2v) is 9.14. The van der Waals surface area contributed by atoms with Crippen LogP contribution in [0, 0.1) is 0 Å². The first-order chi connectivity index (χ1) is 10.6. The van der Waals surface area contributed by atoms with Gasteiger partial charge in [-0.1, -0.05) is 19.1 Å². The Balaban J connectivity index is 2.27. The van der Waals surface area contributed by atoms with E-state index < -0.39 is 31.3 Å². The highest BCUT2D eigenvalue weighted by atomic mass is 32.2. The highest BCUT2D eigenvalue weighted by Crippen LogP contribution is 2.25. The average Bonchev–Trinajstić information content (AvgIpc) is 2.91. The fourth-order valence-electron chi connectivity index (χ4n) is 2.70. The predicted molar refractivity (Wildman–Crippen MR) is 86.7 cm³/mol. The van der Waals surface area contributed by atoms with Crippen molar-refractivity contribution in [2.75, 3.05) is 6.61 Å². The van der Waals surface area contributed by atoms with Gasteiger partial charge in [-0.05, 0) is 37.5 Å². The second kappa shape index (κ2) is 6.86. The second-order valence-electron chi connectivity index (χ2n) is 5.64. The van der Waals surface area contributed by atoms with Crippen LogP contribution in [-0.2, 0) is 24.8 Å². The van der Waals surface area contributed by atoms with Crippen LogP contribution in [0.2, 0.25) is 0 Å². The first-order valence-corrected chi connectivity index (χ1v) is 10.5. The van der Waals surface area contributed by atoms with Gasteiger partial charge in [0, 0.05) is 12.6 Å². The summed E-state index contributed by atoms with van der Waals surface area (Å²) in [4.78, 5) is -0.0368. The minimum atomic E-state index is -3.83. The molecule has 23 heavy (non-hydrogen) atoms. The van der Waals surface area contributed by atoms with E-state index >= 15 is 0 Å². The molecule has 0 saturated carbocycles. The monoisotopic (exact) mass is 362 g/mol. The van der Waals surface area contributed by atoms with Crippen molar-refractivity contribution in [3.05, 3.63) is 29.8 Å². The zero-order chi connectivity index (χ0) is 17.3. The summed E-state index contributed by atoms with van der Waals surface area (Å²) in [5.41, 5.74) is 0.564. The Labute approximate surface area is 137 Å². The van der Waals surface area contributed by atoms with Crippen LogP contribution >= 0.6 is 0 Å². The van der Waals surface area contributed by atoms with Gasteiger partial charge in [-0.2, -0.15) is 0 Å². The van der Waals surface area contributed by atoms with Crippen LogP contribution in [0.3, 0.4) is 0 Å². The molecule has 0 aliphatic carbocycles. The third-order valence-corrected chi connectivity index (χ3v) is 6.95. The highest BCUT2D eigenvalue weighted by Gasteiger charge is 2.37. The third kappa shape index (κ3) is 4.30. The number of sulfonamides is 2. The Kier molecular flexibility index (Phi) is 5.47. The number of hydrogen-bond donors (Lipinski definition) is 2. The van der Waals surface area contributed by atoms with Crippen LogP contribution in [0.4, 0.5) is 0 Å². The molecule has 0 radical (unpaired) electrons. The number of nitrogens with one attached hydrogen (secondary N) is 1. The lowest BCUT2D eigenvalue weighted by atomic mass is 10.1. The molecule has 130 valence electrons. The van der Waals surface area contributed by atoms with Gasteiger partial charge in [0.15, 0.2) is 0 Å². The summed E-state index contributed by atoms with van der Waals surface area (Å²) >= 11 is 0. The van der Waals surface area contributed by atoms with E-state index in [0.717, 1.165) is 0 Å². The molecule has 3 atom stereocenters.